The number of methoxy groups -OCH3 is 1. The molecule has 0 fully saturated rings. The molecule has 0 saturated heterocycles. The van der Waals surface area contributed by atoms with Crippen molar-refractivity contribution in [1.82, 2.24) is 0 Å². The second-order valence-corrected chi connectivity index (χ2v) is 3.49. The van der Waals surface area contributed by atoms with Crippen LogP contribution >= 0.6 is 0 Å². The molecule has 2 heteroatoms. The molecule has 0 aliphatic carbocycles. The van der Waals surface area contributed by atoms with Crippen molar-refractivity contribution in [3.05, 3.63) is 29.3 Å². The minimum atomic E-state index is -0.504. The normalized spacial score (nSPS) is 11.9. The Morgan fingerprint density at radius 1 is 1.53 bits per heavy atom. The Kier molecular flexibility index (Phi) is 4.20. The van der Waals surface area contributed by atoms with E-state index in [0.29, 0.717) is 12.8 Å². The summed E-state index contributed by atoms with van der Waals surface area (Å²) < 4.78 is 5.19. The Balaban J connectivity index is 2.82. The van der Waals surface area contributed by atoms with Crippen LogP contribution in [0.15, 0.2) is 18.2 Å². The van der Waals surface area contributed by atoms with Crippen molar-refractivity contribution in [1.29, 1.82) is 0 Å². The molecule has 0 aliphatic heterocycles. The van der Waals surface area contributed by atoms with Crippen LogP contribution in [0.1, 0.15) is 30.1 Å². The molecule has 2 nitrogen and oxygen atoms in total. The van der Waals surface area contributed by atoms with Crippen LogP contribution in [0, 0.1) is 19.3 Å². The fourth-order valence-electron chi connectivity index (χ4n) is 1.43. The SMILES string of the molecule is C#CCCC(O)c1ccc(C)c(OC)c1. The van der Waals surface area contributed by atoms with Crippen LogP contribution in [-0.4, -0.2) is 12.2 Å². The summed E-state index contributed by atoms with van der Waals surface area (Å²) in [5.74, 6) is 3.32. The summed E-state index contributed by atoms with van der Waals surface area (Å²) >= 11 is 0. The Bertz CT molecular complexity index is 363. The summed E-state index contributed by atoms with van der Waals surface area (Å²) in [7, 11) is 1.62. The van der Waals surface area contributed by atoms with Crippen LogP contribution in [0.2, 0.25) is 0 Å². The zero-order valence-electron chi connectivity index (χ0n) is 9.16. The summed E-state index contributed by atoms with van der Waals surface area (Å²) in [5.41, 5.74) is 1.91. The molecule has 0 aromatic heterocycles. The molecule has 1 aromatic rings. The number of aliphatic hydroxyl groups excluding tert-OH is 1. The Morgan fingerprint density at radius 2 is 2.27 bits per heavy atom. The van der Waals surface area contributed by atoms with Gasteiger partial charge in [0.1, 0.15) is 5.75 Å². The predicted octanol–water partition coefficient (Wildman–Crippen LogP) is 2.45. The zero-order chi connectivity index (χ0) is 11.3. The van der Waals surface area contributed by atoms with Crippen molar-refractivity contribution < 1.29 is 9.84 Å². The lowest BCUT2D eigenvalue weighted by Crippen LogP contribution is -1.98. The monoisotopic (exact) mass is 204 g/mol. The number of aryl methyl sites for hydroxylation is 1. The highest BCUT2D eigenvalue weighted by Gasteiger charge is 2.08. The maximum Gasteiger partial charge on any atom is 0.122 e. The van der Waals surface area contributed by atoms with Crippen LogP contribution < -0.4 is 4.74 Å². The second-order valence-electron chi connectivity index (χ2n) is 3.49. The first kappa shape index (κ1) is 11.6. The van der Waals surface area contributed by atoms with Gasteiger partial charge in [-0.25, -0.2) is 0 Å². The largest absolute Gasteiger partial charge is 0.496 e. The lowest BCUT2D eigenvalue weighted by atomic mass is 10.0. The minimum Gasteiger partial charge on any atom is -0.496 e. The van der Waals surface area contributed by atoms with Crippen molar-refractivity contribution >= 4 is 0 Å². The zero-order valence-corrected chi connectivity index (χ0v) is 9.16. The van der Waals surface area contributed by atoms with Gasteiger partial charge in [0, 0.05) is 6.42 Å². The highest BCUT2D eigenvalue weighted by Crippen LogP contribution is 2.25. The van der Waals surface area contributed by atoms with E-state index < -0.39 is 6.10 Å². The number of aliphatic hydroxyl groups is 1. The minimum absolute atomic E-state index is 0.504. The molecule has 1 N–H and O–H groups in total. The fourth-order valence-corrected chi connectivity index (χ4v) is 1.43. The third-order valence-corrected chi connectivity index (χ3v) is 2.38. The van der Waals surface area contributed by atoms with Gasteiger partial charge in [0.2, 0.25) is 0 Å². The van der Waals surface area contributed by atoms with Gasteiger partial charge >= 0.3 is 0 Å². The highest BCUT2D eigenvalue weighted by molar-refractivity contribution is 5.37. The molecule has 0 amide bonds. The van der Waals surface area contributed by atoms with Gasteiger partial charge in [0.25, 0.3) is 0 Å². The predicted molar refractivity (Wildman–Crippen MR) is 60.8 cm³/mol. The van der Waals surface area contributed by atoms with E-state index in [0.717, 1.165) is 16.9 Å². The number of rotatable bonds is 4. The third-order valence-electron chi connectivity index (χ3n) is 2.38. The molecule has 0 saturated carbocycles. The Labute approximate surface area is 90.9 Å². The van der Waals surface area contributed by atoms with Gasteiger partial charge < -0.3 is 9.84 Å². The summed E-state index contributed by atoms with van der Waals surface area (Å²) in [6, 6.07) is 5.70. The van der Waals surface area contributed by atoms with Crippen LogP contribution in [0.5, 0.6) is 5.75 Å². The quantitative estimate of drug-likeness (QED) is 0.763. The second kappa shape index (κ2) is 5.43. The van der Waals surface area contributed by atoms with Gasteiger partial charge in [0.15, 0.2) is 0 Å². The van der Waals surface area contributed by atoms with E-state index in [1.54, 1.807) is 7.11 Å². The van der Waals surface area contributed by atoms with Crippen molar-refractivity contribution in [2.75, 3.05) is 7.11 Å². The molecule has 1 aromatic carbocycles. The summed E-state index contributed by atoms with van der Waals surface area (Å²) in [5, 5.41) is 9.81. The van der Waals surface area contributed by atoms with Crippen molar-refractivity contribution in [3.8, 4) is 18.1 Å². The van der Waals surface area contributed by atoms with Gasteiger partial charge in [-0.1, -0.05) is 12.1 Å². The van der Waals surface area contributed by atoms with Gasteiger partial charge in [-0.2, -0.15) is 0 Å². The third kappa shape index (κ3) is 3.00. The average Bonchev–Trinajstić information content (AvgIpc) is 2.26. The van der Waals surface area contributed by atoms with Crippen LogP contribution in [0.4, 0.5) is 0 Å². The van der Waals surface area contributed by atoms with E-state index in [4.69, 9.17) is 11.2 Å². The van der Waals surface area contributed by atoms with E-state index in [-0.39, 0.29) is 0 Å². The molecule has 0 radical (unpaired) electrons. The first-order valence-electron chi connectivity index (χ1n) is 4.95. The topological polar surface area (TPSA) is 29.5 Å². The molecule has 1 atom stereocenters. The lowest BCUT2D eigenvalue weighted by molar-refractivity contribution is 0.169. The molecule has 0 heterocycles. The Hall–Kier alpha value is -1.46. The molecule has 0 spiro atoms. The molecular weight excluding hydrogens is 188 g/mol. The molecule has 1 unspecified atom stereocenters. The first-order chi connectivity index (χ1) is 7.19. The summed E-state index contributed by atoms with van der Waals surface area (Å²) in [6.07, 6.45) is 5.81. The smallest absolute Gasteiger partial charge is 0.122 e. The molecule has 15 heavy (non-hydrogen) atoms. The average molecular weight is 204 g/mol. The van der Waals surface area contributed by atoms with Gasteiger partial charge in [-0.15, -0.1) is 12.3 Å². The lowest BCUT2D eigenvalue weighted by Gasteiger charge is -2.12. The van der Waals surface area contributed by atoms with Crippen LogP contribution in [-0.2, 0) is 0 Å². The molecule has 0 aliphatic rings. The molecule has 1 rings (SSSR count). The van der Waals surface area contributed by atoms with Crippen LogP contribution in [0.3, 0.4) is 0 Å². The van der Waals surface area contributed by atoms with E-state index in [2.05, 4.69) is 5.92 Å². The maximum absolute atomic E-state index is 9.81. The number of hydrogen-bond donors (Lipinski definition) is 1. The number of hydrogen-bond acceptors (Lipinski definition) is 2. The van der Waals surface area contributed by atoms with Gasteiger partial charge in [0.05, 0.1) is 13.2 Å². The van der Waals surface area contributed by atoms with Gasteiger partial charge in [-0.3, -0.25) is 0 Å². The molecule has 80 valence electrons. The van der Waals surface area contributed by atoms with Crippen molar-refractivity contribution in [2.45, 2.75) is 25.9 Å². The number of terminal acetylenes is 1. The maximum atomic E-state index is 9.81. The van der Waals surface area contributed by atoms with E-state index in [1.165, 1.54) is 0 Å². The molecule has 0 bridgehead atoms. The fraction of sp³-hybridized carbons (Fsp3) is 0.385. The standard InChI is InChI=1S/C13H16O2/c1-4-5-6-12(14)11-8-7-10(2)13(9-11)15-3/h1,7-9,12,14H,5-6H2,2-3H3. The number of ether oxygens (including phenoxy) is 1. The Morgan fingerprint density at radius 3 is 2.87 bits per heavy atom. The first-order valence-corrected chi connectivity index (χ1v) is 4.95. The van der Waals surface area contributed by atoms with E-state index >= 15 is 0 Å². The highest BCUT2D eigenvalue weighted by atomic mass is 16.5. The van der Waals surface area contributed by atoms with E-state index in [1.807, 2.05) is 25.1 Å². The summed E-state index contributed by atoms with van der Waals surface area (Å²) in [6.45, 7) is 1.97. The molecular formula is C13H16O2. The summed E-state index contributed by atoms with van der Waals surface area (Å²) in [4.78, 5) is 0. The van der Waals surface area contributed by atoms with Gasteiger partial charge in [-0.05, 0) is 30.5 Å². The van der Waals surface area contributed by atoms with E-state index in [9.17, 15) is 5.11 Å². The van der Waals surface area contributed by atoms with Crippen molar-refractivity contribution in [3.63, 3.8) is 0 Å². The van der Waals surface area contributed by atoms with Crippen molar-refractivity contribution in [2.24, 2.45) is 0 Å². The van der Waals surface area contributed by atoms with Crippen LogP contribution in [0.25, 0.3) is 0 Å². The number of benzene rings is 1.